The van der Waals surface area contributed by atoms with Gasteiger partial charge in [-0.25, -0.2) is 4.79 Å². The van der Waals surface area contributed by atoms with E-state index in [2.05, 4.69) is 43.5 Å². The molecule has 2 aromatic rings. The van der Waals surface area contributed by atoms with E-state index in [0.717, 1.165) is 11.3 Å². The minimum atomic E-state index is -0.343. The van der Waals surface area contributed by atoms with Crippen molar-refractivity contribution in [1.29, 1.82) is 0 Å². The van der Waals surface area contributed by atoms with Gasteiger partial charge in [-0.15, -0.1) is 12.6 Å². The van der Waals surface area contributed by atoms with Crippen LogP contribution < -0.4 is 0 Å². The van der Waals surface area contributed by atoms with Gasteiger partial charge in [-0.3, -0.25) is 0 Å². The highest BCUT2D eigenvalue weighted by Gasteiger charge is 2.01. The molecule has 0 amide bonds. The Kier molecular flexibility index (Phi) is 6.88. The molecule has 0 spiro atoms. The second-order valence-electron chi connectivity index (χ2n) is 4.39. The van der Waals surface area contributed by atoms with Crippen molar-refractivity contribution in [3.8, 4) is 0 Å². The number of carbonyl (C=O) groups excluding carboxylic acids is 1. The Morgan fingerprint density at radius 1 is 1.30 bits per heavy atom. The van der Waals surface area contributed by atoms with Crippen LogP contribution in [0, 0.1) is 0 Å². The van der Waals surface area contributed by atoms with Gasteiger partial charge in [-0.05, 0) is 36.2 Å². The quantitative estimate of drug-likeness (QED) is 0.506. The first kappa shape index (κ1) is 16.3. The van der Waals surface area contributed by atoms with E-state index >= 15 is 0 Å². The van der Waals surface area contributed by atoms with Crippen molar-refractivity contribution in [3.63, 3.8) is 0 Å². The third-order valence-corrected chi connectivity index (χ3v) is 3.07. The predicted molar refractivity (Wildman–Crippen MR) is 87.2 cm³/mol. The van der Waals surface area contributed by atoms with E-state index in [1.165, 1.54) is 16.8 Å². The summed E-state index contributed by atoms with van der Waals surface area (Å²) < 4.78 is 4.79. The fourth-order valence-corrected chi connectivity index (χ4v) is 1.72. The van der Waals surface area contributed by atoms with E-state index in [9.17, 15) is 4.79 Å². The van der Waals surface area contributed by atoms with E-state index < -0.39 is 0 Å². The average Bonchev–Trinajstić information content (AvgIpc) is 2.47. The van der Waals surface area contributed by atoms with Gasteiger partial charge in [0.15, 0.2) is 0 Å². The van der Waals surface area contributed by atoms with Crippen LogP contribution in [0.1, 0.15) is 20.3 Å². The maximum absolute atomic E-state index is 10.4. The number of hydrogen-bond acceptors (Lipinski definition) is 3. The van der Waals surface area contributed by atoms with Gasteiger partial charge in [-0.2, -0.15) is 0 Å². The van der Waals surface area contributed by atoms with E-state index in [4.69, 9.17) is 4.74 Å². The van der Waals surface area contributed by atoms with Crippen LogP contribution in [0.2, 0.25) is 0 Å². The van der Waals surface area contributed by atoms with Gasteiger partial charge in [0.1, 0.15) is 0 Å². The fourth-order valence-electron chi connectivity index (χ4n) is 1.51. The summed E-state index contributed by atoms with van der Waals surface area (Å²) >= 11 is 4.26. The van der Waals surface area contributed by atoms with Crippen LogP contribution in [0.5, 0.6) is 0 Å². The summed E-state index contributed by atoms with van der Waals surface area (Å²) in [4.78, 5) is 11.5. The van der Waals surface area contributed by atoms with Crippen molar-refractivity contribution >= 4 is 29.4 Å². The van der Waals surface area contributed by atoms with Crippen LogP contribution in [0.3, 0.4) is 0 Å². The Labute approximate surface area is 125 Å². The maximum Gasteiger partial charge on any atom is 0.330 e. The molecule has 0 aromatic heterocycles. The molecule has 106 valence electrons. The molecule has 0 aliphatic rings. The molecule has 1 atom stereocenters. The van der Waals surface area contributed by atoms with E-state index in [1.807, 2.05) is 32.0 Å². The van der Waals surface area contributed by atoms with Crippen LogP contribution in [-0.2, 0) is 9.53 Å². The minimum Gasteiger partial charge on any atom is -0.460 e. The molecular weight excluding hydrogens is 268 g/mol. The molecule has 0 saturated heterocycles. The standard InChI is InChI=1S/C10H8S.C7H12O2/c11-10-6-5-8-3-1-2-4-9(8)7-10;1-4-6(3)9-7(8)5-2/h1-7,11H;5-6H,2,4H2,1,3H3. The maximum atomic E-state index is 10.4. The fraction of sp³-hybridized carbons (Fsp3) is 0.235. The lowest BCUT2D eigenvalue weighted by atomic mass is 10.1. The lowest BCUT2D eigenvalue weighted by Gasteiger charge is -2.07. The van der Waals surface area contributed by atoms with Crippen LogP contribution >= 0.6 is 12.6 Å². The number of benzene rings is 2. The summed E-state index contributed by atoms with van der Waals surface area (Å²) in [7, 11) is 0. The van der Waals surface area contributed by atoms with Gasteiger partial charge in [0.05, 0.1) is 6.10 Å². The van der Waals surface area contributed by atoms with Gasteiger partial charge in [0, 0.05) is 11.0 Å². The molecule has 0 N–H and O–H groups in total. The van der Waals surface area contributed by atoms with Crippen molar-refractivity contribution in [2.45, 2.75) is 31.3 Å². The average molecular weight is 288 g/mol. The van der Waals surface area contributed by atoms with Gasteiger partial charge in [-0.1, -0.05) is 43.8 Å². The molecule has 0 bridgehead atoms. The molecule has 0 aliphatic heterocycles. The SMILES string of the molecule is C=CC(=O)OC(C)CC.Sc1ccc2ccccc2c1. The zero-order valence-electron chi connectivity index (χ0n) is 11.9. The molecule has 0 saturated carbocycles. The molecule has 2 aromatic carbocycles. The Morgan fingerprint density at radius 3 is 2.55 bits per heavy atom. The Bertz CT molecular complexity index is 578. The second kappa shape index (κ2) is 8.43. The number of ether oxygens (including phenoxy) is 1. The molecule has 0 radical (unpaired) electrons. The largest absolute Gasteiger partial charge is 0.460 e. The van der Waals surface area contributed by atoms with Crippen LogP contribution in [0.15, 0.2) is 60.0 Å². The van der Waals surface area contributed by atoms with Crippen molar-refractivity contribution in [1.82, 2.24) is 0 Å². The second-order valence-corrected chi connectivity index (χ2v) is 4.91. The Balaban J connectivity index is 0.000000206. The molecule has 20 heavy (non-hydrogen) atoms. The van der Waals surface area contributed by atoms with Crippen LogP contribution in [-0.4, -0.2) is 12.1 Å². The lowest BCUT2D eigenvalue weighted by molar-refractivity contribution is -0.142. The highest BCUT2D eigenvalue weighted by molar-refractivity contribution is 7.80. The van der Waals surface area contributed by atoms with Gasteiger partial charge >= 0.3 is 5.97 Å². The third kappa shape index (κ3) is 5.49. The molecule has 3 heteroatoms. The summed E-state index contributed by atoms with van der Waals surface area (Å²) in [6, 6.07) is 14.4. The van der Waals surface area contributed by atoms with Crippen molar-refractivity contribution < 1.29 is 9.53 Å². The normalized spacial score (nSPS) is 11.2. The van der Waals surface area contributed by atoms with Crippen LogP contribution in [0.25, 0.3) is 10.8 Å². The number of carbonyl (C=O) groups is 1. The zero-order chi connectivity index (χ0) is 15.0. The van der Waals surface area contributed by atoms with Crippen molar-refractivity contribution in [2.75, 3.05) is 0 Å². The topological polar surface area (TPSA) is 26.3 Å². The highest BCUT2D eigenvalue weighted by atomic mass is 32.1. The molecule has 1 unspecified atom stereocenters. The summed E-state index contributed by atoms with van der Waals surface area (Å²) in [5.41, 5.74) is 0. The van der Waals surface area contributed by atoms with E-state index in [1.54, 1.807) is 0 Å². The number of rotatable bonds is 3. The van der Waals surface area contributed by atoms with Crippen LogP contribution in [0.4, 0.5) is 0 Å². The first-order valence-corrected chi connectivity index (χ1v) is 7.02. The van der Waals surface area contributed by atoms with Gasteiger partial charge in [0.25, 0.3) is 0 Å². The molecular formula is C17H20O2S. The molecule has 2 rings (SSSR count). The van der Waals surface area contributed by atoms with E-state index in [-0.39, 0.29) is 12.1 Å². The van der Waals surface area contributed by atoms with Gasteiger partial charge < -0.3 is 4.74 Å². The number of hydrogen-bond donors (Lipinski definition) is 1. The van der Waals surface area contributed by atoms with Crippen molar-refractivity contribution in [3.05, 3.63) is 55.1 Å². The third-order valence-electron chi connectivity index (χ3n) is 2.79. The number of esters is 1. The summed E-state index contributed by atoms with van der Waals surface area (Å²) in [6.07, 6.45) is 2.03. The number of fused-ring (bicyclic) bond motifs is 1. The summed E-state index contributed by atoms with van der Waals surface area (Å²) in [5.74, 6) is -0.343. The Hall–Kier alpha value is -1.74. The predicted octanol–water partition coefficient (Wildman–Crippen LogP) is 4.64. The first-order valence-electron chi connectivity index (χ1n) is 6.57. The van der Waals surface area contributed by atoms with Crippen molar-refractivity contribution in [2.24, 2.45) is 0 Å². The molecule has 0 fully saturated rings. The summed E-state index contributed by atoms with van der Waals surface area (Å²) in [6.45, 7) is 7.08. The smallest absolute Gasteiger partial charge is 0.330 e. The molecule has 2 nitrogen and oxygen atoms in total. The highest BCUT2D eigenvalue weighted by Crippen LogP contribution is 2.17. The minimum absolute atomic E-state index is 0.00972. The lowest BCUT2D eigenvalue weighted by Crippen LogP contribution is -2.10. The monoisotopic (exact) mass is 288 g/mol. The summed E-state index contributed by atoms with van der Waals surface area (Å²) in [5, 5.41) is 2.52. The first-order chi connectivity index (χ1) is 9.56. The van der Waals surface area contributed by atoms with Gasteiger partial charge in [0.2, 0.25) is 0 Å². The zero-order valence-corrected chi connectivity index (χ0v) is 12.8. The number of thiol groups is 1. The molecule has 0 aliphatic carbocycles. The van der Waals surface area contributed by atoms with E-state index in [0.29, 0.717) is 0 Å². The molecule has 0 heterocycles. The Morgan fingerprint density at radius 2 is 1.95 bits per heavy atom.